The third-order valence-corrected chi connectivity index (χ3v) is 7.12. The monoisotopic (exact) mass is 410 g/mol. The van der Waals surface area contributed by atoms with Crippen molar-refractivity contribution in [1.82, 2.24) is 10.2 Å². The summed E-state index contributed by atoms with van der Waals surface area (Å²) >= 11 is 0. The summed E-state index contributed by atoms with van der Waals surface area (Å²) in [7, 11) is 0. The third kappa shape index (κ3) is 3.12. The first kappa shape index (κ1) is 19.3. The normalized spacial score (nSPS) is 36.7. The molecule has 7 heteroatoms. The summed E-state index contributed by atoms with van der Waals surface area (Å²) in [4.78, 5) is 39.4. The first-order valence-electron chi connectivity index (χ1n) is 10.7. The molecule has 1 aliphatic carbocycles. The van der Waals surface area contributed by atoms with Crippen LogP contribution in [-0.2, 0) is 25.7 Å². The van der Waals surface area contributed by atoms with E-state index in [9.17, 15) is 14.4 Å². The zero-order valence-corrected chi connectivity index (χ0v) is 16.7. The van der Waals surface area contributed by atoms with Crippen LogP contribution in [0.25, 0.3) is 0 Å². The van der Waals surface area contributed by atoms with Crippen LogP contribution in [0.15, 0.2) is 42.5 Å². The van der Waals surface area contributed by atoms with Gasteiger partial charge in [-0.3, -0.25) is 14.4 Å². The lowest BCUT2D eigenvalue weighted by Gasteiger charge is -2.30. The smallest absolute Gasteiger partial charge is 0.306 e. The van der Waals surface area contributed by atoms with Gasteiger partial charge in [0.15, 0.2) is 0 Å². The lowest BCUT2D eigenvalue weighted by molar-refractivity contribution is -0.143. The average Bonchev–Trinajstić information content (AvgIpc) is 3.37. The summed E-state index contributed by atoms with van der Waals surface area (Å²) < 4.78 is 6.18. The molecule has 158 valence electrons. The highest BCUT2D eigenvalue weighted by Crippen LogP contribution is 2.52. The van der Waals surface area contributed by atoms with Crippen molar-refractivity contribution >= 4 is 17.8 Å². The molecule has 3 aliphatic heterocycles. The second kappa shape index (κ2) is 7.23. The molecule has 0 aromatic heterocycles. The van der Waals surface area contributed by atoms with Crippen LogP contribution in [0.2, 0.25) is 0 Å². The Morgan fingerprint density at radius 2 is 1.90 bits per heavy atom. The summed E-state index contributed by atoms with van der Waals surface area (Å²) in [6, 6.07) is 9.79. The number of benzene rings is 1. The molecular formula is C23H26N2O5. The van der Waals surface area contributed by atoms with Crippen LogP contribution in [-0.4, -0.2) is 52.1 Å². The van der Waals surface area contributed by atoms with E-state index in [2.05, 4.69) is 5.32 Å². The quantitative estimate of drug-likeness (QED) is 0.721. The van der Waals surface area contributed by atoms with Gasteiger partial charge in [-0.2, -0.15) is 0 Å². The Kier molecular flexibility index (Phi) is 4.65. The Morgan fingerprint density at radius 1 is 1.17 bits per heavy atom. The van der Waals surface area contributed by atoms with Gasteiger partial charge in [-0.25, -0.2) is 0 Å². The van der Waals surface area contributed by atoms with E-state index in [0.717, 1.165) is 5.56 Å². The maximum atomic E-state index is 13.3. The molecular weight excluding hydrogens is 384 g/mol. The van der Waals surface area contributed by atoms with Crippen molar-refractivity contribution in [2.24, 2.45) is 17.8 Å². The van der Waals surface area contributed by atoms with Crippen LogP contribution in [0.1, 0.15) is 31.2 Å². The number of carboxylic acid groups (broad SMARTS) is 1. The van der Waals surface area contributed by atoms with Crippen molar-refractivity contribution in [1.29, 1.82) is 0 Å². The van der Waals surface area contributed by atoms with E-state index in [4.69, 9.17) is 9.84 Å². The van der Waals surface area contributed by atoms with Crippen molar-refractivity contribution in [2.45, 2.75) is 50.0 Å². The first-order chi connectivity index (χ1) is 14.5. The lowest BCUT2D eigenvalue weighted by atomic mass is 9.76. The van der Waals surface area contributed by atoms with Crippen LogP contribution in [0.3, 0.4) is 0 Å². The van der Waals surface area contributed by atoms with E-state index in [-0.39, 0.29) is 29.9 Å². The predicted octanol–water partition coefficient (Wildman–Crippen LogP) is 1.73. The van der Waals surface area contributed by atoms with Gasteiger partial charge in [0.1, 0.15) is 5.60 Å². The van der Waals surface area contributed by atoms with Gasteiger partial charge in [-0.05, 0) is 31.2 Å². The Balaban J connectivity index is 1.28. The van der Waals surface area contributed by atoms with E-state index in [1.54, 1.807) is 4.90 Å². The van der Waals surface area contributed by atoms with Gasteiger partial charge in [0.25, 0.3) is 0 Å². The summed E-state index contributed by atoms with van der Waals surface area (Å²) in [5, 5.41) is 12.2. The number of fused-ring (bicyclic) bond motifs is 1. The molecule has 1 spiro atoms. The molecule has 1 aromatic carbocycles. The maximum absolute atomic E-state index is 13.3. The number of aliphatic carboxylic acids is 1. The molecule has 0 unspecified atom stereocenters. The summed E-state index contributed by atoms with van der Waals surface area (Å²) in [6.45, 7) is 0.971. The number of carboxylic acids is 1. The number of likely N-dealkylation sites (tertiary alicyclic amines) is 1. The minimum atomic E-state index is -0.761. The molecule has 0 radical (unpaired) electrons. The molecule has 1 saturated carbocycles. The van der Waals surface area contributed by atoms with Gasteiger partial charge in [-0.1, -0.05) is 42.5 Å². The maximum Gasteiger partial charge on any atom is 0.306 e. The van der Waals surface area contributed by atoms with E-state index >= 15 is 0 Å². The minimum Gasteiger partial charge on any atom is -0.481 e. The molecule has 30 heavy (non-hydrogen) atoms. The van der Waals surface area contributed by atoms with Crippen LogP contribution in [0.5, 0.6) is 0 Å². The second-order valence-electron chi connectivity index (χ2n) is 8.98. The lowest BCUT2D eigenvalue weighted by Crippen LogP contribution is -2.48. The molecule has 2 saturated heterocycles. The number of carbonyl (C=O) groups excluding carboxylic acids is 2. The molecule has 3 heterocycles. The van der Waals surface area contributed by atoms with E-state index < -0.39 is 23.4 Å². The summed E-state index contributed by atoms with van der Waals surface area (Å²) in [5.74, 6) is -2.28. The van der Waals surface area contributed by atoms with Crippen molar-refractivity contribution < 1.29 is 24.2 Å². The SMILES string of the molecule is O=C(O)C1CCC(NC(=O)[C@H]2[C@H]3C=C[C@]4(CN(Cc5ccccc5)C(=O)[C@@H]24)O3)CC1. The topological polar surface area (TPSA) is 95.9 Å². The molecule has 2 bridgehead atoms. The number of hydrogen-bond donors (Lipinski definition) is 2. The second-order valence-corrected chi connectivity index (χ2v) is 8.98. The number of carbonyl (C=O) groups is 3. The first-order valence-corrected chi connectivity index (χ1v) is 10.7. The van der Waals surface area contributed by atoms with Crippen molar-refractivity contribution in [2.75, 3.05) is 6.54 Å². The highest BCUT2D eigenvalue weighted by Gasteiger charge is 2.66. The number of nitrogens with zero attached hydrogens (tertiary/aromatic N) is 1. The summed E-state index contributed by atoms with van der Waals surface area (Å²) in [5.41, 5.74) is 0.344. The average molecular weight is 410 g/mol. The van der Waals surface area contributed by atoms with Crippen molar-refractivity contribution in [3.63, 3.8) is 0 Å². The summed E-state index contributed by atoms with van der Waals surface area (Å²) in [6.07, 6.45) is 5.97. The molecule has 5 rings (SSSR count). The number of hydrogen-bond acceptors (Lipinski definition) is 4. The highest BCUT2D eigenvalue weighted by molar-refractivity contribution is 5.93. The van der Waals surface area contributed by atoms with Crippen LogP contribution < -0.4 is 5.32 Å². The van der Waals surface area contributed by atoms with Gasteiger partial charge < -0.3 is 20.1 Å². The minimum absolute atomic E-state index is 0.0274. The zero-order valence-electron chi connectivity index (χ0n) is 16.7. The fraction of sp³-hybridized carbons (Fsp3) is 0.522. The Bertz CT molecular complexity index is 892. The van der Waals surface area contributed by atoms with Gasteiger partial charge >= 0.3 is 5.97 Å². The Hall–Kier alpha value is -2.67. The number of rotatable bonds is 5. The number of amides is 2. The Labute approximate surface area is 175 Å². The van der Waals surface area contributed by atoms with E-state index in [1.807, 2.05) is 42.5 Å². The fourth-order valence-corrected chi connectivity index (χ4v) is 5.60. The molecule has 2 amide bonds. The van der Waals surface area contributed by atoms with Crippen molar-refractivity contribution in [3.05, 3.63) is 48.0 Å². The largest absolute Gasteiger partial charge is 0.481 e. The van der Waals surface area contributed by atoms with Crippen LogP contribution in [0.4, 0.5) is 0 Å². The van der Waals surface area contributed by atoms with E-state index in [0.29, 0.717) is 38.8 Å². The van der Waals surface area contributed by atoms with Crippen molar-refractivity contribution in [3.8, 4) is 0 Å². The van der Waals surface area contributed by atoms with Gasteiger partial charge in [0.2, 0.25) is 11.8 Å². The standard InChI is InChI=1S/C23H26N2O5/c26-20(24-16-8-6-15(7-9-16)22(28)29)18-17-10-11-23(30-17)13-25(21(27)19(18)23)12-14-4-2-1-3-5-14/h1-5,10-11,15-19H,6-9,12-13H2,(H,24,26)(H,28,29)/t15?,16?,17-,18+,19-,23-/m1/s1. The van der Waals surface area contributed by atoms with Gasteiger partial charge in [0, 0.05) is 12.6 Å². The third-order valence-electron chi connectivity index (χ3n) is 7.12. The predicted molar refractivity (Wildman–Crippen MR) is 107 cm³/mol. The van der Waals surface area contributed by atoms with Crippen LogP contribution >= 0.6 is 0 Å². The van der Waals surface area contributed by atoms with Crippen LogP contribution in [0, 0.1) is 17.8 Å². The zero-order chi connectivity index (χ0) is 20.9. The number of ether oxygens (including phenoxy) is 1. The molecule has 1 aromatic rings. The molecule has 7 nitrogen and oxygen atoms in total. The molecule has 3 fully saturated rings. The number of nitrogens with one attached hydrogen (secondary N) is 1. The Morgan fingerprint density at radius 3 is 2.60 bits per heavy atom. The molecule has 4 aliphatic rings. The van der Waals surface area contributed by atoms with Gasteiger partial charge in [-0.15, -0.1) is 0 Å². The van der Waals surface area contributed by atoms with E-state index in [1.165, 1.54) is 0 Å². The fourth-order valence-electron chi connectivity index (χ4n) is 5.60. The molecule has 2 N–H and O–H groups in total. The highest BCUT2D eigenvalue weighted by atomic mass is 16.5. The molecule has 4 atom stereocenters. The van der Waals surface area contributed by atoms with Gasteiger partial charge in [0.05, 0.1) is 30.4 Å².